The van der Waals surface area contributed by atoms with E-state index in [0.29, 0.717) is 75.1 Å². The highest BCUT2D eigenvalue weighted by molar-refractivity contribution is 6.00. The lowest BCUT2D eigenvalue weighted by Crippen LogP contribution is -2.00. The van der Waals surface area contributed by atoms with Gasteiger partial charge in [-0.2, -0.15) is 0 Å². The van der Waals surface area contributed by atoms with Gasteiger partial charge in [-0.15, -0.1) is 0 Å². The first-order chi connectivity index (χ1) is 33.5. The lowest BCUT2D eigenvalue weighted by Gasteiger charge is -2.10. The molecule has 6 N–H and O–H groups in total. The monoisotopic (exact) mass is 910 g/mol. The highest BCUT2D eigenvalue weighted by Crippen LogP contribution is 2.40. The molecule has 0 aliphatic carbocycles. The van der Waals surface area contributed by atoms with E-state index in [1.54, 1.807) is 0 Å². The van der Waals surface area contributed by atoms with Crippen molar-refractivity contribution in [1.82, 2.24) is 19.9 Å². The molecule has 12 heteroatoms. The number of hydrogen-bond acceptors (Lipinski definition) is 10. The average Bonchev–Trinajstić information content (AvgIpc) is 4.21. The van der Waals surface area contributed by atoms with Crippen molar-refractivity contribution in [3.8, 4) is 67.5 Å². The Labute approximate surface area is 394 Å². The number of ether oxygens (including phenoxy) is 4. The van der Waals surface area contributed by atoms with Gasteiger partial charge in [0, 0.05) is 96.4 Å². The fourth-order valence-corrected chi connectivity index (χ4v) is 8.40. The van der Waals surface area contributed by atoms with E-state index in [-0.39, 0.29) is 26.4 Å². The Kier molecular flexibility index (Phi) is 14.7. The Balaban J connectivity index is 1.37. The first-order valence-electron chi connectivity index (χ1n) is 23.1. The number of rotatable bonds is 20. The molecule has 8 bridgehead atoms. The van der Waals surface area contributed by atoms with Crippen molar-refractivity contribution in [2.75, 3.05) is 52.9 Å². The number of aliphatic hydroxyl groups excluding tert-OH is 4. The summed E-state index contributed by atoms with van der Waals surface area (Å²) < 4.78 is 24.4. The number of nitrogens with one attached hydrogen (secondary N) is 2. The van der Waals surface area contributed by atoms with E-state index in [9.17, 15) is 20.4 Å². The maximum absolute atomic E-state index is 9.48. The minimum absolute atomic E-state index is 0.0330. The number of hydrogen-bond donors (Lipinski definition) is 6. The lowest BCUT2D eigenvalue weighted by atomic mass is 10.0. The van der Waals surface area contributed by atoms with Crippen LogP contribution in [-0.2, 0) is 0 Å². The molecular weight excluding hydrogens is 857 g/mol. The molecule has 2 aliphatic heterocycles. The fourth-order valence-electron chi connectivity index (χ4n) is 8.40. The first kappa shape index (κ1) is 45.7. The molecule has 9 rings (SSSR count). The van der Waals surface area contributed by atoms with E-state index in [0.717, 1.165) is 89.4 Å². The van der Waals surface area contributed by atoms with Gasteiger partial charge in [-0.25, -0.2) is 9.97 Å². The quantitative estimate of drug-likeness (QED) is 0.0404. The third kappa shape index (κ3) is 10.4. The molecule has 2 aliphatic rings. The van der Waals surface area contributed by atoms with Crippen LogP contribution in [-0.4, -0.2) is 93.2 Å². The number of aliphatic hydroxyl groups is 4. The number of nitrogens with zero attached hydrogens (tertiary/aromatic N) is 2. The van der Waals surface area contributed by atoms with Crippen LogP contribution in [0.15, 0.2) is 121 Å². The Hall–Kier alpha value is -7.48. The van der Waals surface area contributed by atoms with Gasteiger partial charge in [0.05, 0.1) is 49.2 Å². The minimum Gasteiger partial charge on any atom is -0.493 e. The van der Waals surface area contributed by atoms with Crippen LogP contribution in [0.2, 0.25) is 0 Å². The van der Waals surface area contributed by atoms with E-state index in [1.165, 1.54) is 0 Å². The SMILES string of the molecule is OCCCOc1cccc(-c2c3nc(c(-c4cccc(OCCCO)c4)c4ccc([nH]4)c(-c4cccc(OCCCO)c4)c4nc(c(-c5cccc(OCCCO)c5)c5ccc2[nH]5)C=C4)C=C3)c1. The predicted octanol–water partition coefficient (Wildman–Crippen LogP) is 10.4. The second-order valence-corrected chi connectivity index (χ2v) is 16.3. The molecule has 4 aromatic carbocycles. The van der Waals surface area contributed by atoms with E-state index in [4.69, 9.17) is 28.9 Å². The van der Waals surface area contributed by atoms with Crippen LogP contribution in [0.25, 0.3) is 90.9 Å². The molecular formula is C56H54N4O8. The molecule has 12 nitrogen and oxygen atoms in total. The Morgan fingerprint density at radius 2 is 0.588 bits per heavy atom. The molecule has 0 saturated heterocycles. The fraction of sp³-hybridized carbons (Fsp3) is 0.214. The first-order valence-corrected chi connectivity index (χ1v) is 23.1. The Morgan fingerprint density at radius 1 is 0.338 bits per heavy atom. The zero-order valence-electron chi connectivity index (χ0n) is 37.7. The van der Waals surface area contributed by atoms with E-state index in [1.807, 2.05) is 121 Å². The second-order valence-electron chi connectivity index (χ2n) is 16.3. The summed E-state index contributed by atoms with van der Waals surface area (Å²) in [7, 11) is 0. The molecule has 7 aromatic rings. The van der Waals surface area contributed by atoms with Gasteiger partial charge >= 0.3 is 0 Å². The zero-order valence-corrected chi connectivity index (χ0v) is 37.7. The summed E-state index contributed by atoms with van der Waals surface area (Å²) in [5.74, 6) is 2.69. The molecule has 0 spiro atoms. The van der Waals surface area contributed by atoms with Crippen molar-refractivity contribution in [3.63, 3.8) is 0 Å². The summed E-state index contributed by atoms with van der Waals surface area (Å²) >= 11 is 0. The second kappa shape index (κ2) is 21.9. The Bertz CT molecular complexity index is 2710. The van der Waals surface area contributed by atoms with E-state index in [2.05, 4.69) is 34.2 Å². The molecule has 0 saturated carbocycles. The standard InChI is InChI=1S/C56H54N4O8/c61-25-5-29-65-41-13-1-9-37(33-41)53-45-17-19-47(57-45)54(38-10-2-14-42(34-38)66-30-6-26-62)49-21-23-51(59-49)56(40-12-4-16-44(36-40)68-32-8-28-64)52-24-22-50(60-52)55(48-20-18-46(53)58-48)39-11-3-15-43(35-39)67-31-7-27-63/h1-4,9-24,33-36,57,60-64H,5-8,25-32H2. The van der Waals surface area contributed by atoms with Crippen molar-refractivity contribution < 1.29 is 39.4 Å². The number of benzene rings is 4. The topological polar surface area (TPSA) is 175 Å². The number of aromatic amines is 2. The Morgan fingerprint density at radius 3 is 0.824 bits per heavy atom. The highest BCUT2D eigenvalue weighted by Gasteiger charge is 2.20. The largest absolute Gasteiger partial charge is 0.493 e. The van der Waals surface area contributed by atoms with Crippen LogP contribution in [0.3, 0.4) is 0 Å². The van der Waals surface area contributed by atoms with Crippen molar-refractivity contribution in [1.29, 1.82) is 0 Å². The third-order valence-electron chi connectivity index (χ3n) is 11.5. The van der Waals surface area contributed by atoms with Gasteiger partial charge in [0.15, 0.2) is 0 Å². The molecule has 0 unspecified atom stereocenters. The molecule has 68 heavy (non-hydrogen) atoms. The summed E-state index contributed by atoms with van der Waals surface area (Å²) in [5, 5.41) is 37.9. The molecule has 0 radical (unpaired) electrons. The van der Waals surface area contributed by atoms with Crippen LogP contribution < -0.4 is 18.9 Å². The van der Waals surface area contributed by atoms with Crippen LogP contribution in [0.4, 0.5) is 0 Å². The van der Waals surface area contributed by atoms with Gasteiger partial charge in [0.1, 0.15) is 23.0 Å². The smallest absolute Gasteiger partial charge is 0.119 e. The minimum atomic E-state index is 0.0330. The summed E-state index contributed by atoms with van der Waals surface area (Å²) in [6.45, 7) is 1.63. The normalized spacial score (nSPS) is 11.8. The van der Waals surface area contributed by atoms with Gasteiger partial charge in [0.25, 0.3) is 0 Å². The van der Waals surface area contributed by atoms with Gasteiger partial charge in [-0.1, -0.05) is 48.5 Å². The summed E-state index contributed by atoms with van der Waals surface area (Å²) in [4.78, 5) is 18.5. The number of H-pyrrole nitrogens is 2. The van der Waals surface area contributed by atoms with Gasteiger partial charge in [0.2, 0.25) is 0 Å². The maximum atomic E-state index is 9.48. The van der Waals surface area contributed by atoms with Gasteiger partial charge in [-0.05, 0) is 119 Å². The van der Waals surface area contributed by atoms with Crippen LogP contribution in [0, 0.1) is 0 Å². The molecule has 0 atom stereocenters. The van der Waals surface area contributed by atoms with E-state index < -0.39 is 0 Å². The molecule has 0 fully saturated rings. The van der Waals surface area contributed by atoms with Crippen molar-refractivity contribution in [2.24, 2.45) is 0 Å². The average molecular weight is 911 g/mol. The summed E-state index contributed by atoms with van der Waals surface area (Å²) in [6, 6.07) is 40.0. The highest BCUT2D eigenvalue weighted by atomic mass is 16.5. The molecule has 0 amide bonds. The van der Waals surface area contributed by atoms with Crippen molar-refractivity contribution >= 4 is 46.4 Å². The lowest BCUT2D eigenvalue weighted by molar-refractivity contribution is 0.233. The van der Waals surface area contributed by atoms with Crippen LogP contribution in [0.5, 0.6) is 23.0 Å². The summed E-state index contributed by atoms with van der Waals surface area (Å²) in [6.07, 6.45) is 10.2. The molecule has 5 heterocycles. The number of aromatic nitrogens is 4. The molecule has 3 aromatic heterocycles. The number of fused-ring (bicyclic) bond motifs is 8. The van der Waals surface area contributed by atoms with Crippen LogP contribution in [0.1, 0.15) is 48.5 Å². The van der Waals surface area contributed by atoms with Gasteiger partial charge < -0.3 is 49.3 Å². The van der Waals surface area contributed by atoms with E-state index >= 15 is 0 Å². The third-order valence-corrected chi connectivity index (χ3v) is 11.5. The van der Waals surface area contributed by atoms with Gasteiger partial charge in [-0.3, -0.25) is 0 Å². The summed E-state index contributed by atoms with van der Waals surface area (Å²) in [5.41, 5.74) is 13.1. The van der Waals surface area contributed by atoms with Crippen LogP contribution >= 0.6 is 0 Å². The predicted molar refractivity (Wildman–Crippen MR) is 269 cm³/mol. The van der Waals surface area contributed by atoms with Crippen molar-refractivity contribution in [2.45, 2.75) is 25.7 Å². The van der Waals surface area contributed by atoms with Crippen molar-refractivity contribution in [3.05, 3.63) is 144 Å². The zero-order chi connectivity index (χ0) is 46.7. The maximum Gasteiger partial charge on any atom is 0.119 e. The molecule has 346 valence electrons.